The third-order valence-electron chi connectivity index (χ3n) is 7.07. The van der Waals surface area contributed by atoms with E-state index in [9.17, 15) is 13.2 Å². The molecule has 190 valence electrons. The van der Waals surface area contributed by atoms with E-state index in [0.29, 0.717) is 24.5 Å². The molecule has 8 nitrogen and oxygen atoms in total. The van der Waals surface area contributed by atoms with E-state index in [4.69, 9.17) is 9.72 Å². The molecule has 2 saturated heterocycles. The maximum atomic E-state index is 13.1. The van der Waals surface area contributed by atoms with Gasteiger partial charge in [-0.15, -0.1) is 0 Å². The number of carbonyl (C=O) groups is 1. The monoisotopic (exact) mass is 508 g/mol. The maximum Gasteiger partial charge on any atom is 0.243 e. The molecule has 3 aromatic rings. The molecule has 1 N–H and O–H groups in total. The van der Waals surface area contributed by atoms with E-state index in [2.05, 4.69) is 10.2 Å². The van der Waals surface area contributed by atoms with Crippen molar-refractivity contribution in [3.63, 3.8) is 0 Å². The zero-order valence-corrected chi connectivity index (χ0v) is 21.3. The average molecular weight is 509 g/mol. The first-order valence-electron chi connectivity index (χ1n) is 12.5. The number of amides is 1. The molecule has 1 aromatic heterocycles. The average Bonchev–Trinajstić information content (AvgIpc) is 2.93. The summed E-state index contributed by atoms with van der Waals surface area (Å²) in [5.41, 5.74) is 1.49. The number of pyridine rings is 1. The lowest BCUT2D eigenvalue weighted by atomic mass is 9.97. The van der Waals surface area contributed by atoms with Crippen LogP contribution in [0, 0.1) is 5.92 Å². The largest absolute Gasteiger partial charge is 0.497 e. The number of methoxy groups -OCH3 is 1. The number of rotatable bonds is 6. The van der Waals surface area contributed by atoms with Crippen molar-refractivity contribution >= 4 is 38.3 Å². The zero-order valence-electron chi connectivity index (χ0n) is 20.5. The minimum Gasteiger partial charge on any atom is -0.497 e. The second kappa shape index (κ2) is 10.4. The SMILES string of the molecule is COc1ccc(NC(=O)C2CCCN(c3ccc4cc(S(=O)(=O)N5CCCCC5)ccc4n3)C2)cc1. The lowest BCUT2D eigenvalue weighted by Gasteiger charge is -2.33. The quantitative estimate of drug-likeness (QED) is 0.535. The number of carbonyl (C=O) groups excluding carboxylic acids is 1. The van der Waals surface area contributed by atoms with E-state index in [-0.39, 0.29) is 11.8 Å². The molecule has 0 spiro atoms. The molecule has 0 radical (unpaired) electrons. The standard InChI is InChI=1S/C27H32N4O4S/c1-35-23-10-8-22(9-11-23)28-27(32)21-6-5-15-30(19-21)26-14-7-20-18-24(12-13-25(20)29-26)36(33,34)31-16-3-2-4-17-31/h7-14,18,21H,2-6,15-17,19H2,1H3,(H,28,32). The van der Waals surface area contributed by atoms with Crippen molar-refractivity contribution in [3.8, 4) is 5.75 Å². The fraction of sp³-hybridized carbons (Fsp3) is 0.407. The van der Waals surface area contributed by atoms with Gasteiger partial charge in [-0.3, -0.25) is 4.79 Å². The molecular weight excluding hydrogens is 476 g/mol. The molecule has 2 aliphatic heterocycles. The number of ether oxygens (including phenoxy) is 1. The van der Waals surface area contributed by atoms with Gasteiger partial charge in [0.2, 0.25) is 15.9 Å². The van der Waals surface area contributed by atoms with Crippen LogP contribution in [0.4, 0.5) is 11.5 Å². The highest BCUT2D eigenvalue weighted by atomic mass is 32.2. The molecule has 0 saturated carbocycles. The van der Waals surface area contributed by atoms with Gasteiger partial charge in [0.15, 0.2) is 0 Å². The van der Waals surface area contributed by atoms with Crippen molar-refractivity contribution in [2.45, 2.75) is 37.0 Å². The second-order valence-electron chi connectivity index (χ2n) is 9.49. The van der Waals surface area contributed by atoms with Gasteiger partial charge < -0.3 is 15.0 Å². The molecule has 1 amide bonds. The predicted molar refractivity (Wildman–Crippen MR) is 141 cm³/mol. The van der Waals surface area contributed by atoms with Crippen molar-refractivity contribution in [3.05, 3.63) is 54.6 Å². The molecule has 0 aliphatic carbocycles. The Labute approximate surface area is 212 Å². The van der Waals surface area contributed by atoms with Gasteiger partial charge in [0, 0.05) is 37.3 Å². The number of piperidine rings is 2. The van der Waals surface area contributed by atoms with Crippen molar-refractivity contribution in [1.29, 1.82) is 0 Å². The van der Waals surface area contributed by atoms with Crippen LogP contribution >= 0.6 is 0 Å². The van der Waals surface area contributed by atoms with Crippen molar-refractivity contribution in [2.75, 3.05) is 43.5 Å². The number of nitrogens with zero attached hydrogens (tertiary/aromatic N) is 3. The lowest BCUT2D eigenvalue weighted by Crippen LogP contribution is -2.41. The van der Waals surface area contributed by atoms with Crippen LogP contribution in [0.1, 0.15) is 32.1 Å². The Morgan fingerprint density at radius 1 is 0.972 bits per heavy atom. The van der Waals surface area contributed by atoms with Crippen LogP contribution in [0.2, 0.25) is 0 Å². The van der Waals surface area contributed by atoms with Crippen molar-refractivity contribution in [2.24, 2.45) is 5.92 Å². The van der Waals surface area contributed by atoms with E-state index >= 15 is 0 Å². The van der Waals surface area contributed by atoms with Gasteiger partial charge >= 0.3 is 0 Å². The zero-order chi connectivity index (χ0) is 25.1. The van der Waals surface area contributed by atoms with Crippen LogP contribution in [0.3, 0.4) is 0 Å². The van der Waals surface area contributed by atoms with Crippen LogP contribution in [-0.2, 0) is 14.8 Å². The van der Waals surface area contributed by atoms with Crippen molar-refractivity contribution < 1.29 is 17.9 Å². The Kier molecular flexibility index (Phi) is 7.11. The lowest BCUT2D eigenvalue weighted by molar-refractivity contribution is -0.120. The Morgan fingerprint density at radius 3 is 2.50 bits per heavy atom. The fourth-order valence-electron chi connectivity index (χ4n) is 5.00. The van der Waals surface area contributed by atoms with Gasteiger partial charge in [0.05, 0.1) is 23.4 Å². The summed E-state index contributed by atoms with van der Waals surface area (Å²) in [4.78, 5) is 20.2. The van der Waals surface area contributed by atoms with Crippen LogP contribution in [0.15, 0.2) is 59.5 Å². The summed E-state index contributed by atoms with van der Waals surface area (Å²) in [6.07, 6.45) is 4.62. The highest BCUT2D eigenvalue weighted by Crippen LogP contribution is 2.28. The third-order valence-corrected chi connectivity index (χ3v) is 8.97. The molecule has 2 aliphatic rings. The first-order valence-corrected chi connectivity index (χ1v) is 14.0. The molecule has 2 fully saturated rings. The molecule has 1 atom stereocenters. The fourth-order valence-corrected chi connectivity index (χ4v) is 6.55. The van der Waals surface area contributed by atoms with Crippen LogP contribution in [0.5, 0.6) is 5.75 Å². The summed E-state index contributed by atoms with van der Waals surface area (Å²) in [7, 11) is -1.87. The number of anilines is 2. The van der Waals surface area contributed by atoms with Gasteiger partial charge in [-0.2, -0.15) is 4.31 Å². The van der Waals surface area contributed by atoms with Gasteiger partial charge in [-0.1, -0.05) is 6.42 Å². The third kappa shape index (κ3) is 5.17. The number of hydrogen-bond acceptors (Lipinski definition) is 6. The second-order valence-corrected chi connectivity index (χ2v) is 11.4. The molecule has 2 aromatic carbocycles. The van der Waals surface area contributed by atoms with Crippen LogP contribution in [-0.4, -0.2) is 56.9 Å². The number of nitrogens with one attached hydrogen (secondary N) is 1. The van der Waals surface area contributed by atoms with E-state index < -0.39 is 10.0 Å². The number of sulfonamides is 1. The highest BCUT2D eigenvalue weighted by Gasteiger charge is 2.28. The number of hydrogen-bond donors (Lipinski definition) is 1. The molecule has 5 rings (SSSR count). The van der Waals surface area contributed by atoms with Crippen LogP contribution in [0.25, 0.3) is 10.9 Å². The molecular formula is C27H32N4O4S. The first kappa shape index (κ1) is 24.5. The Bertz CT molecular complexity index is 1340. The molecule has 1 unspecified atom stereocenters. The first-order chi connectivity index (χ1) is 17.4. The van der Waals surface area contributed by atoms with Gasteiger partial charge in [-0.25, -0.2) is 13.4 Å². The highest BCUT2D eigenvalue weighted by molar-refractivity contribution is 7.89. The summed E-state index contributed by atoms with van der Waals surface area (Å²) in [6.45, 7) is 2.58. The van der Waals surface area contributed by atoms with E-state index in [1.54, 1.807) is 29.6 Å². The maximum absolute atomic E-state index is 13.1. The number of fused-ring (bicyclic) bond motifs is 1. The van der Waals surface area contributed by atoms with Crippen LogP contribution < -0.4 is 15.0 Å². The summed E-state index contributed by atoms with van der Waals surface area (Å²) < 4.78 is 32.9. The predicted octanol–water partition coefficient (Wildman–Crippen LogP) is 4.27. The topological polar surface area (TPSA) is 91.8 Å². The van der Waals surface area contributed by atoms with Gasteiger partial charge in [0.25, 0.3) is 0 Å². The Hall–Kier alpha value is -3.17. The molecule has 9 heteroatoms. The summed E-state index contributed by atoms with van der Waals surface area (Å²) in [5.74, 6) is 1.40. The minimum absolute atomic E-state index is 0.00165. The molecule has 0 bridgehead atoms. The van der Waals surface area contributed by atoms with E-state index in [1.807, 2.05) is 36.4 Å². The molecule has 36 heavy (non-hydrogen) atoms. The molecule has 3 heterocycles. The summed E-state index contributed by atoms with van der Waals surface area (Å²) in [6, 6.07) is 16.3. The van der Waals surface area contributed by atoms with Gasteiger partial charge in [-0.05, 0) is 80.3 Å². The summed E-state index contributed by atoms with van der Waals surface area (Å²) >= 11 is 0. The normalized spacial score (nSPS) is 19.2. The smallest absolute Gasteiger partial charge is 0.243 e. The van der Waals surface area contributed by atoms with E-state index in [0.717, 1.165) is 66.8 Å². The Morgan fingerprint density at radius 2 is 1.75 bits per heavy atom. The van der Waals surface area contributed by atoms with E-state index in [1.165, 1.54) is 0 Å². The Balaban J connectivity index is 1.29. The van der Waals surface area contributed by atoms with Crippen molar-refractivity contribution in [1.82, 2.24) is 9.29 Å². The minimum atomic E-state index is -3.49. The number of aromatic nitrogens is 1. The van der Waals surface area contributed by atoms with Gasteiger partial charge in [0.1, 0.15) is 11.6 Å². The summed E-state index contributed by atoms with van der Waals surface area (Å²) in [5, 5.41) is 3.80. The number of benzene rings is 2.